The van der Waals surface area contributed by atoms with Crippen molar-refractivity contribution in [2.45, 2.75) is 12.8 Å². The van der Waals surface area contributed by atoms with Crippen molar-refractivity contribution < 1.29 is 9.18 Å². The molecule has 3 heteroatoms. The van der Waals surface area contributed by atoms with Crippen LogP contribution in [0.25, 0.3) is 5.57 Å². The van der Waals surface area contributed by atoms with Gasteiger partial charge in [-0.15, -0.1) is 0 Å². The molecule has 0 amide bonds. The van der Waals surface area contributed by atoms with Gasteiger partial charge in [0.2, 0.25) is 0 Å². The maximum absolute atomic E-state index is 13.0. The Morgan fingerprint density at radius 1 is 1.36 bits per heavy atom. The van der Waals surface area contributed by atoms with Crippen LogP contribution in [0, 0.1) is 5.82 Å². The summed E-state index contributed by atoms with van der Waals surface area (Å²) in [6, 6.07) is 4.59. The Labute approximate surface area is 89.8 Å². The number of benzene rings is 1. The zero-order valence-electron chi connectivity index (χ0n) is 7.39. The lowest BCUT2D eigenvalue weighted by atomic mass is 9.91. The Kier molecular flexibility index (Phi) is 2.50. The first-order chi connectivity index (χ1) is 6.72. The van der Waals surface area contributed by atoms with E-state index in [2.05, 4.69) is 15.9 Å². The molecule has 1 aliphatic rings. The maximum Gasteiger partial charge on any atom is 0.151 e. The second-order valence-electron chi connectivity index (χ2n) is 3.24. The van der Waals surface area contributed by atoms with Crippen LogP contribution in [0.15, 0.2) is 22.7 Å². The van der Waals surface area contributed by atoms with Gasteiger partial charge in [0.15, 0.2) is 6.29 Å². The largest absolute Gasteiger partial charge is 0.298 e. The van der Waals surface area contributed by atoms with E-state index in [1.807, 2.05) is 0 Å². The number of fused-ring (bicyclic) bond motifs is 1. The number of carbonyl (C=O) groups excluding carboxylic acids is 1. The summed E-state index contributed by atoms with van der Waals surface area (Å²) in [5, 5.41) is 0. The summed E-state index contributed by atoms with van der Waals surface area (Å²) in [7, 11) is 0. The van der Waals surface area contributed by atoms with Crippen molar-refractivity contribution in [1.29, 1.82) is 0 Å². The van der Waals surface area contributed by atoms with Gasteiger partial charge in [0.05, 0.1) is 0 Å². The summed E-state index contributed by atoms with van der Waals surface area (Å²) in [4.78, 5) is 10.8. The van der Waals surface area contributed by atoms with Gasteiger partial charge in [0.1, 0.15) is 5.82 Å². The minimum Gasteiger partial charge on any atom is -0.298 e. The van der Waals surface area contributed by atoms with Crippen LogP contribution in [0.2, 0.25) is 0 Å². The zero-order chi connectivity index (χ0) is 10.1. The third-order valence-corrected chi connectivity index (χ3v) is 3.21. The first-order valence-corrected chi connectivity index (χ1v) is 5.14. The topological polar surface area (TPSA) is 17.1 Å². The number of allylic oxidation sites excluding steroid dienone is 2. The van der Waals surface area contributed by atoms with Crippen LogP contribution in [0.1, 0.15) is 17.5 Å². The molecular weight excluding hydrogens is 247 g/mol. The number of aryl methyl sites for hydroxylation is 1. The first kappa shape index (κ1) is 9.59. The molecule has 0 unspecified atom stereocenters. The van der Waals surface area contributed by atoms with Crippen LogP contribution in [-0.4, -0.2) is 6.29 Å². The molecular formula is C11H8BrFO. The van der Waals surface area contributed by atoms with Gasteiger partial charge >= 0.3 is 0 Å². The molecule has 0 bridgehead atoms. The molecule has 0 fully saturated rings. The number of halogens is 2. The lowest BCUT2D eigenvalue weighted by Crippen LogP contribution is -2.03. The summed E-state index contributed by atoms with van der Waals surface area (Å²) in [6.45, 7) is 0. The number of hydrogen-bond donors (Lipinski definition) is 0. The molecule has 14 heavy (non-hydrogen) atoms. The normalized spacial score (nSPS) is 15.3. The molecule has 0 saturated carbocycles. The Balaban J connectivity index is 2.63. The van der Waals surface area contributed by atoms with Crippen molar-refractivity contribution in [2.24, 2.45) is 0 Å². The minimum absolute atomic E-state index is 0.301. The fourth-order valence-electron chi connectivity index (χ4n) is 1.67. The second kappa shape index (κ2) is 3.65. The van der Waals surface area contributed by atoms with Gasteiger partial charge < -0.3 is 0 Å². The van der Waals surface area contributed by atoms with Gasteiger partial charge in [0.25, 0.3) is 0 Å². The van der Waals surface area contributed by atoms with E-state index in [4.69, 9.17) is 0 Å². The molecule has 0 aromatic heterocycles. The third-order valence-electron chi connectivity index (χ3n) is 2.39. The third kappa shape index (κ3) is 1.52. The number of hydrogen-bond acceptors (Lipinski definition) is 1. The molecule has 0 heterocycles. The van der Waals surface area contributed by atoms with E-state index < -0.39 is 0 Å². The van der Waals surface area contributed by atoms with Crippen molar-refractivity contribution in [3.8, 4) is 0 Å². The number of carbonyl (C=O) groups is 1. The Morgan fingerprint density at radius 3 is 2.86 bits per heavy atom. The molecule has 1 aromatic carbocycles. The zero-order valence-corrected chi connectivity index (χ0v) is 8.97. The predicted octanol–water partition coefficient (Wildman–Crippen LogP) is 3.08. The average molecular weight is 255 g/mol. The summed E-state index contributed by atoms with van der Waals surface area (Å²) in [5.41, 5.74) is 2.33. The van der Waals surface area contributed by atoms with Crippen LogP contribution in [0.5, 0.6) is 0 Å². The van der Waals surface area contributed by atoms with Crippen LogP contribution in [0.4, 0.5) is 4.39 Å². The van der Waals surface area contributed by atoms with Crippen molar-refractivity contribution >= 4 is 27.8 Å². The number of aldehydes is 1. The van der Waals surface area contributed by atoms with Crippen molar-refractivity contribution in [3.05, 3.63) is 39.6 Å². The van der Waals surface area contributed by atoms with E-state index in [1.54, 1.807) is 6.07 Å². The molecule has 0 saturated heterocycles. The van der Waals surface area contributed by atoms with Gasteiger partial charge in [-0.2, -0.15) is 0 Å². The number of rotatable bonds is 1. The van der Waals surface area contributed by atoms with Gasteiger partial charge in [-0.3, -0.25) is 4.79 Å². The van der Waals surface area contributed by atoms with Crippen LogP contribution in [-0.2, 0) is 11.2 Å². The Hall–Kier alpha value is -0.960. The second-order valence-corrected chi connectivity index (χ2v) is 4.20. The van der Waals surface area contributed by atoms with Gasteiger partial charge in [-0.1, -0.05) is 22.0 Å². The van der Waals surface area contributed by atoms with Gasteiger partial charge in [-0.05, 0) is 36.1 Å². The van der Waals surface area contributed by atoms with E-state index in [0.717, 1.165) is 34.7 Å². The lowest BCUT2D eigenvalue weighted by Gasteiger charge is -2.16. The molecule has 72 valence electrons. The molecule has 1 nitrogen and oxygen atoms in total. The van der Waals surface area contributed by atoms with E-state index in [9.17, 15) is 9.18 Å². The van der Waals surface area contributed by atoms with E-state index >= 15 is 0 Å². The summed E-state index contributed by atoms with van der Waals surface area (Å²) < 4.78 is 13.8. The summed E-state index contributed by atoms with van der Waals surface area (Å²) in [5.74, 6) is -0.301. The molecule has 0 radical (unpaired) electrons. The molecule has 0 atom stereocenters. The monoisotopic (exact) mass is 254 g/mol. The summed E-state index contributed by atoms with van der Waals surface area (Å²) >= 11 is 3.34. The van der Waals surface area contributed by atoms with Gasteiger partial charge in [-0.25, -0.2) is 4.39 Å². The highest BCUT2D eigenvalue weighted by Crippen LogP contribution is 2.33. The molecule has 1 aromatic rings. The fourth-order valence-corrected chi connectivity index (χ4v) is 2.18. The maximum atomic E-state index is 13.0. The summed E-state index contributed by atoms with van der Waals surface area (Å²) in [6.07, 6.45) is 2.45. The predicted molar refractivity (Wildman–Crippen MR) is 56.6 cm³/mol. The molecule has 0 aliphatic heterocycles. The van der Waals surface area contributed by atoms with Gasteiger partial charge in [0, 0.05) is 10.1 Å². The Bertz CT molecular complexity index is 423. The highest BCUT2D eigenvalue weighted by Gasteiger charge is 2.17. The average Bonchev–Trinajstić information content (AvgIpc) is 2.17. The standard InChI is InChI=1S/C11H8BrFO/c12-11-4-2-7-1-3-8(13)5-9(7)10(11)6-14/h1,3,5-6H,2,4H2. The van der Waals surface area contributed by atoms with Crippen LogP contribution in [0.3, 0.4) is 0 Å². The van der Waals surface area contributed by atoms with Crippen molar-refractivity contribution in [3.63, 3.8) is 0 Å². The van der Waals surface area contributed by atoms with E-state index in [-0.39, 0.29) is 5.82 Å². The first-order valence-electron chi connectivity index (χ1n) is 4.35. The smallest absolute Gasteiger partial charge is 0.151 e. The quantitative estimate of drug-likeness (QED) is 0.705. The molecule has 0 N–H and O–H groups in total. The molecule has 0 spiro atoms. The van der Waals surface area contributed by atoms with Crippen LogP contribution >= 0.6 is 15.9 Å². The molecule has 2 rings (SSSR count). The Morgan fingerprint density at radius 2 is 2.14 bits per heavy atom. The lowest BCUT2D eigenvalue weighted by molar-refractivity contribution is -0.103. The minimum atomic E-state index is -0.301. The molecule has 1 aliphatic carbocycles. The highest BCUT2D eigenvalue weighted by atomic mass is 79.9. The fraction of sp³-hybridized carbons (Fsp3) is 0.182. The van der Waals surface area contributed by atoms with Crippen molar-refractivity contribution in [2.75, 3.05) is 0 Å². The van der Waals surface area contributed by atoms with E-state index in [1.165, 1.54) is 12.1 Å². The highest BCUT2D eigenvalue weighted by molar-refractivity contribution is 9.11. The van der Waals surface area contributed by atoms with E-state index in [0.29, 0.717) is 5.57 Å². The van der Waals surface area contributed by atoms with Crippen molar-refractivity contribution in [1.82, 2.24) is 0 Å². The SMILES string of the molecule is O=CC1=C(Br)CCc2ccc(F)cc21. The van der Waals surface area contributed by atoms with Crippen LogP contribution < -0.4 is 0 Å².